The Morgan fingerprint density at radius 1 is 1.39 bits per heavy atom. The molecule has 96 valence electrons. The van der Waals surface area contributed by atoms with Gasteiger partial charge in [0.1, 0.15) is 11.9 Å². The molecule has 2 nitrogen and oxygen atoms in total. The standard InChI is InChI=1S/C13H13BrClNOS/c1-8(13(16)11-6-18-7-12(11)14)17-10-4-2-3-9(15)5-10/h2-8,13H,16H2,1H3. The molecule has 0 spiro atoms. The number of nitrogens with two attached hydrogens (primary N) is 1. The topological polar surface area (TPSA) is 35.2 Å². The molecule has 0 saturated heterocycles. The third-order valence-corrected chi connectivity index (χ3v) is 4.61. The summed E-state index contributed by atoms with van der Waals surface area (Å²) in [5, 5.41) is 4.71. The molecule has 0 bridgehead atoms. The molecule has 0 aliphatic rings. The summed E-state index contributed by atoms with van der Waals surface area (Å²) >= 11 is 11.0. The van der Waals surface area contributed by atoms with Crippen LogP contribution in [0.2, 0.25) is 5.02 Å². The first kappa shape index (κ1) is 13.9. The van der Waals surface area contributed by atoms with Gasteiger partial charge in [0, 0.05) is 14.9 Å². The monoisotopic (exact) mass is 345 g/mol. The number of rotatable bonds is 4. The van der Waals surface area contributed by atoms with Crippen molar-refractivity contribution in [1.29, 1.82) is 0 Å². The molecule has 0 radical (unpaired) electrons. The highest BCUT2D eigenvalue weighted by Crippen LogP contribution is 2.29. The first-order chi connectivity index (χ1) is 8.58. The van der Waals surface area contributed by atoms with Crippen LogP contribution >= 0.6 is 38.9 Å². The van der Waals surface area contributed by atoms with E-state index in [4.69, 9.17) is 22.1 Å². The van der Waals surface area contributed by atoms with Crippen molar-refractivity contribution in [3.8, 4) is 5.75 Å². The number of thiophene rings is 1. The van der Waals surface area contributed by atoms with Crippen molar-refractivity contribution in [2.75, 3.05) is 0 Å². The molecule has 0 amide bonds. The smallest absolute Gasteiger partial charge is 0.121 e. The molecule has 1 aromatic heterocycles. The highest BCUT2D eigenvalue weighted by Gasteiger charge is 2.19. The van der Waals surface area contributed by atoms with E-state index in [1.54, 1.807) is 17.4 Å². The maximum atomic E-state index is 6.19. The lowest BCUT2D eigenvalue weighted by atomic mass is 10.1. The summed E-state index contributed by atoms with van der Waals surface area (Å²) in [6.45, 7) is 1.95. The first-order valence-electron chi connectivity index (χ1n) is 5.47. The molecular formula is C13H13BrClNOS. The molecule has 1 aromatic carbocycles. The molecule has 1 heterocycles. The number of benzene rings is 1. The normalized spacial score (nSPS) is 14.2. The molecule has 5 heteroatoms. The fourth-order valence-electron chi connectivity index (χ4n) is 1.61. The fraction of sp³-hybridized carbons (Fsp3) is 0.231. The van der Waals surface area contributed by atoms with E-state index in [9.17, 15) is 0 Å². The van der Waals surface area contributed by atoms with Crippen LogP contribution in [0.5, 0.6) is 5.75 Å². The van der Waals surface area contributed by atoms with E-state index >= 15 is 0 Å². The molecule has 2 N–H and O–H groups in total. The van der Waals surface area contributed by atoms with Crippen LogP contribution in [-0.2, 0) is 0 Å². The SMILES string of the molecule is CC(Oc1cccc(Cl)c1)C(N)c1cscc1Br. The zero-order valence-corrected chi connectivity index (χ0v) is 12.9. The summed E-state index contributed by atoms with van der Waals surface area (Å²) in [6.07, 6.45) is -0.130. The predicted octanol–water partition coefficient (Wildman–Crippen LogP) is 4.63. The van der Waals surface area contributed by atoms with Crippen LogP contribution in [0.15, 0.2) is 39.5 Å². The van der Waals surface area contributed by atoms with Gasteiger partial charge in [-0.2, -0.15) is 11.3 Å². The highest BCUT2D eigenvalue weighted by molar-refractivity contribution is 9.10. The molecule has 0 fully saturated rings. The maximum absolute atomic E-state index is 6.19. The Balaban J connectivity index is 2.08. The Morgan fingerprint density at radius 2 is 2.17 bits per heavy atom. The van der Waals surface area contributed by atoms with Gasteiger partial charge in [-0.3, -0.25) is 0 Å². The van der Waals surface area contributed by atoms with Gasteiger partial charge in [0.05, 0.1) is 6.04 Å². The molecule has 2 unspecified atom stereocenters. The van der Waals surface area contributed by atoms with E-state index < -0.39 is 0 Å². The zero-order chi connectivity index (χ0) is 13.1. The van der Waals surface area contributed by atoms with Crippen molar-refractivity contribution in [2.24, 2.45) is 5.73 Å². The van der Waals surface area contributed by atoms with E-state index in [-0.39, 0.29) is 12.1 Å². The molecule has 2 atom stereocenters. The van der Waals surface area contributed by atoms with Gasteiger partial charge in [0.2, 0.25) is 0 Å². The van der Waals surface area contributed by atoms with E-state index in [1.807, 2.05) is 35.9 Å². The van der Waals surface area contributed by atoms with Crippen LogP contribution in [0.1, 0.15) is 18.5 Å². The average molecular weight is 347 g/mol. The van der Waals surface area contributed by atoms with Crippen molar-refractivity contribution in [3.63, 3.8) is 0 Å². The number of hydrogen-bond acceptors (Lipinski definition) is 3. The summed E-state index contributed by atoms with van der Waals surface area (Å²) in [6, 6.07) is 7.15. The van der Waals surface area contributed by atoms with Crippen molar-refractivity contribution >= 4 is 38.9 Å². The Kier molecular flexibility index (Phi) is 4.67. The van der Waals surface area contributed by atoms with Crippen LogP contribution in [-0.4, -0.2) is 6.10 Å². The van der Waals surface area contributed by atoms with Gasteiger partial charge in [-0.25, -0.2) is 0 Å². The fourth-order valence-corrected chi connectivity index (χ4v) is 3.40. The Morgan fingerprint density at radius 3 is 2.78 bits per heavy atom. The van der Waals surface area contributed by atoms with E-state index in [0.29, 0.717) is 5.02 Å². The zero-order valence-electron chi connectivity index (χ0n) is 9.77. The van der Waals surface area contributed by atoms with Crippen molar-refractivity contribution in [3.05, 3.63) is 50.1 Å². The molecule has 0 saturated carbocycles. The van der Waals surface area contributed by atoms with E-state index in [0.717, 1.165) is 15.8 Å². The lowest BCUT2D eigenvalue weighted by Gasteiger charge is -2.21. The summed E-state index contributed by atoms with van der Waals surface area (Å²) in [5.74, 6) is 0.733. The number of ether oxygens (including phenoxy) is 1. The maximum Gasteiger partial charge on any atom is 0.121 e. The molecule has 0 aliphatic carbocycles. The lowest BCUT2D eigenvalue weighted by Crippen LogP contribution is -2.28. The van der Waals surface area contributed by atoms with Crippen LogP contribution in [0.4, 0.5) is 0 Å². The van der Waals surface area contributed by atoms with E-state index in [2.05, 4.69) is 15.9 Å². The van der Waals surface area contributed by atoms with Gasteiger partial charge in [-0.05, 0) is 52.0 Å². The molecule has 0 aliphatic heterocycles. The second-order valence-electron chi connectivity index (χ2n) is 3.98. The third kappa shape index (κ3) is 3.26. The lowest BCUT2D eigenvalue weighted by molar-refractivity contribution is 0.190. The molecule has 18 heavy (non-hydrogen) atoms. The van der Waals surface area contributed by atoms with Gasteiger partial charge < -0.3 is 10.5 Å². The Labute approximate surface area is 124 Å². The highest BCUT2D eigenvalue weighted by atomic mass is 79.9. The van der Waals surface area contributed by atoms with Gasteiger partial charge in [-0.1, -0.05) is 17.7 Å². The number of hydrogen-bond donors (Lipinski definition) is 1. The van der Waals surface area contributed by atoms with Crippen molar-refractivity contribution in [2.45, 2.75) is 19.1 Å². The first-order valence-corrected chi connectivity index (χ1v) is 7.58. The quantitative estimate of drug-likeness (QED) is 0.876. The van der Waals surface area contributed by atoms with Crippen molar-refractivity contribution < 1.29 is 4.74 Å². The Bertz CT molecular complexity index is 531. The molecular weight excluding hydrogens is 334 g/mol. The number of halogens is 2. The van der Waals surface area contributed by atoms with Gasteiger partial charge >= 0.3 is 0 Å². The van der Waals surface area contributed by atoms with Crippen LogP contribution in [0.3, 0.4) is 0 Å². The summed E-state index contributed by atoms with van der Waals surface area (Å²) in [7, 11) is 0. The van der Waals surface area contributed by atoms with Crippen LogP contribution in [0, 0.1) is 0 Å². The third-order valence-electron chi connectivity index (χ3n) is 2.63. The van der Waals surface area contributed by atoms with Crippen molar-refractivity contribution in [1.82, 2.24) is 0 Å². The molecule has 2 aromatic rings. The average Bonchev–Trinajstić information content (AvgIpc) is 2.74. The van der Waals surface area contributed by atoms with Gasteiger partial charge in [0.15, 0.2) is 0 Å². The second-order valence-corrected chi connectivity index (χ2v) is 6.02. The van der Waals surface area contributed by atoms with Crippen LogP contribution in [0.25, 0.3) is 0 Å². The summed E-state index contributed by atoms with van der Waals surface area (Å²) < 4.78 is 6.84. The minimum Gasteiger partial charge on any atom is -0.489 e. The Hall–Kier alpha value is -0.550. The van der Waals surface area contributed by atoms with Crippen LogP contribution < -0.4 is 10.5 Å². The molecule has 2 rings (SSSR count). The van der Waals surface area contributed by atoms with E-state index in [1.165, 1.54) is 0 Å². The largest absolute Gasteiger partial charge is 0.489 e. The summed E-state index contributed by atoms with van der Waals surface area (Å²) in [5.41, 5.74) is 7.25. The van der Waals surface area contributed by atoms with Gasteiger partial charge in [-0.15, -0.1) is 0 Å². The minimum absolute atomic E-state index is 0.130. The predicted molar refractivity (Wildman–Crippen MR) is 80.5 cm³/mol. The van der Waals surface area contributed by atoms with Gasteiger partial charge in [0.25, 0.3) is 0 Å². The summed E-state index contributed by atoms with van der Waals surface area (Å²) in [4.78, 5) is 0. The second kappa shape index (κ2) is 6.06. The minimum atomic E-state index is -0.176.